The maximum atomic E-state index is 12.5. The molecule has 0 bridgehead atoms. The molecule has 108 valence electrons. The molecule has 2 aromatic rings. The Morgan fingerprint density at radius 3 is 2.90 bits per heavy atom. The summed E-state index contributed by atoms with van der Waals surface area (Å²) in [6, 6.07) is 16.2. The highest BCUT2D eigenvalue weighted by atomic mass is 79.9. The second-order valence-electron chi connectivity index (χ2n) is 5.19. The van der Waals surface area contributed by atoms with Crippen molar-refractivity contribution in [2.24, 2.45) is 0 Å². The predicted molar refractivity (Wildman–Crippen MR) is 90.6 cm³/mol. The molecule has 1 aliphatic heterocycles. The Balaban J connectivity index is 1.73. The molecule has 1 N–H and O–H groups in total. The van der Waals surface area contributed by atoms with E-state index < -0.39 is 0 Å². The molecule has 2 aromatic carbocycles. The zero-order valence-electron chi connectivity index (χ0n) is 11.7. The zero-order chi connectivity index (χ0) is 14.8. The van der Waals surface area contributed by atoms with Crippen LogP contribution in [0.5, 0.6) is 0 Å². The summed E-state index contributed by atoms with van der Waals surface area (Å²) in [5.74, 6) is 0.900. The Morgan fingerprint density at radius 1 is 1.29 bits per heavy atom. The van der Waals surface area contributed by atoms with Crippen molar-refractivity contribution in [3.05, 3.63) is 64.1 Å². The molecule has 0 spiro atoms. The molecule has 1 amide bonds. The van der Waals surface area contributed by atoms with Gasteiger partial charge in [0.1, 0.15) is 0 Å². The average Bonchev–Trinajstić information content (AvgIpc) is 2.91. The van der Waals surface area contributed by atoms with Gasteiger partial charge < -0.3 is 5.32 Å². The molecule has 1 aliphatic rings. The van der Waals surface area contributed by atoms with Crippen LogP contribution in [0.3, 0.4) is 0 Å². The summed E-state index contributed by atoms with van der Waals surface area (Å²) in [5, 5.41) is 3.13. The van der Waals surface area contributed by atoms with Crippen LogP contribution in [0.15, 0.2) is 57.9 Å². The third-order valence-electron chi connectivity index (χ3n) is 3.72. The number of carbonyl (C=O) groups excluding carboxylic acids is 1. The van der Waals surface area contributed by atoms with Gasteiger partial charge in [-0.2, -0.15) is 0 Å². The van der Waals surface area contributed by atoms with E-state index in [1.807, 2.05) is 43.3 Å². The van der Waals surface area contributed by atoms with Crippen molar-refractivity contribution in [1.29, 1.82) is 0 Å². The van der Waals surface area contributed by atoms with Crippen molar-refractivity contribution in [3.8, 4) is 0 Å². The second-order valence-corrected chi connectivity index (χ2v) is 7.16. The highest BCUT2D eigenvalue weighted by Gasteiger charge is 2.29. The van der Waals surface area contributed by atoms with Gasteiger partial charge >= 0.3 is 0 Å². The molecule has 0 aliphatic carbocycles. The minimum Gasteiger partial charge on any atom is -0.349 e. The van der Waals surface area contributed by atoms with Crippen molar-refractivity contribution < 1.29 is 4.79 Å². The molecule has 3 rings (SSSR count). The van der Waals surface area contributed by atoms with Crippen LogP contribution in [0.4, 0.5) is 0 Å². The van der Waals surface area contributed by atoms with Crippen molar-refractivity contribution in [1.82, 2.24) is 5.32 Å². The van der Waals surface area contributed by atoms with E-state index in [2.05, 4.69) is 33.4 Å². The molecule has 0 saturated carbocycles. The normalized spacial score (nSPS) is 18.1. The van der Waals surface area contributed by atoms with Gasteiger partial charge in [0.05, 0.1) is 12.0 Å². The molecule has 1 heterocycles. The van der Waals surface area contributed by atoms with Crippen molar-refractivity contribution in [2.75, 3.05) is 5.75 Å². The van der Waals surface area contributed by atoms with E-state index in [0.717, 1.165) is 21.4 Å². The first-order chi connectivity index (χ1) is 10.1. The number of rotatable bonds is 3. The molecule has 21 heavy (non-hydrogen) atoms. The topological polar surface area (TPSA) is 29.1 Å². The minimum atomic E-state index is -0.0409. The summed E-state index contributed by atoms with van der Waals surface area (Å²) in [6.07, 6.45) is 0. The van der Waals surface area contributed by atoms with Gasteiger partial charge in [-0.25, -0.2) is 0 Å². The first-order valence-electron chi connectivity index (χ1n) is 6.92. The van der Waals surface area contributed by atoms with Crippen LogP contribution < -0.4 is 5.32 Å². The summed E-state index contributed by atoms with van der Waals surface area (Å²) in [7, 11) is 0. The van der Waals surface area contributed by atoms with Crippen LogP contribution in [-0.4, -0.2) is 11.7 Å². The average molecular weight is 362 g/mol. The highest BCUT2D eigenvalue weighted by molar-refractivity contribution is 9.10. The van der Waals surface area contributed by atoms with Crippen LogP contribution in [0.25, 0.3) is 0 Å². The molecule has 0 radical (unpaired) electrons. The van der Waals surface area contributed by atoms with Crippen molar-refractivity contribution >= 4 is 33.6 Å². The third-order valence-corrected chi connectivity index (χ3v) is 5.40. The lowest BCUT2D eigenvalue weighted by molar-refractivity contribution is -0.122. The molecule has 0 aromatic heterocycles. The van der Waals surface area contributed by atoms with Crippen LogP contribution in [0, 0.1) is 0 Å². The number of hydrogen-bond acceptors (Lipinski definition) is 2. The summed E-state index contributed by atoms with van der Waals surface area (Å²) in [6.45, 7) is 2.02. The lowest BCUT2D eigenvalue weighted by atomic mass is 9.99. The van der Waals surface area contributed by atoms with E-state index in [9.17, 15) is 4.79 Å². The first kappa shape index (κ1) is 14.7. The number of hydrogen-bond donors (Lipinski definition) is 1. The first-order valence-corrected chi connectivity index (χ1v) is 8.70. The largest absolute Gasteiger partial charge is 0.349 e. The summed E-state index contributed by atoms with van der Waals surface area (Å²) >= 11 is 5.23. The van der Waals surface area contributed by atoms with Gasteiger partial charge in [0.2, 0.25) is 5.91 Å². The molecular weight excluding hydrogens is 346 g/mol. The summed E-state index contributed by atoms with van der Waals surface area (Å²) in [4.78, 5) is 13.8. The SMILES string of the molecule is CC(NC(=O)C1CSc2ccccc21)c1cccc(Br)c1. The Kier molecular flexibility index (Phi) is 4.36. The summed E-state index contributed by atoms with van der Waals surface area (Å²) < 4.78 is 1.03. The van der Waals surface area contributed by atoms with E-state index in [1.165, 1.54) is 4.90 Å². The number of thioether (sulfide) groups is 1. The highest BCUT2D eigenvalue weighted by Crippen LogP contribution is 2.39. The Morgan fingerprint density at radius 2 is 2.10 bits per heavy atom. The molecule has 2 nitrogen and oxygen atoms in total. The molecule has 2 atom stereocenters. The van der Waals surface area contributed by atoms with Crippen molar-refractivity contribution in [2.45, 2.75) is 23.8 Å². The van der Waals surface area contributed by atoms with Gasteiger partial charge in [-0.15, -0.1) is 11.8 Å². The maximum Gasteiger partial charge on any atom is 0.228 e. The molecule has 4 heteroatoms. The van der Waals surface area contributed by atoms with Crippen LogP contribution in [0.1, 0.15) is 30.0 Å². The number of benzene rings is 2. The van der Waals surface area contributed by atoms with E-state index >= 15 is 0 Å². The van der Waals surface area contributed by atoms with Gasteiger partial charge in [-0.1, -0.05) is 46.3 Å². The number of fused-ring (bicyclic) bond motifs is 1. The lowest BCUT2D eigenvalue weighted by Crippen LogP contribution is -2.31. The van der Waals surface area contributed by atoms with E-state index in [4.69, 9.17) is 0 Å². The molecule has 0 fully saturated rings. The van der Waals surface area contributed by atoms with Crippen LogP contribution in [0.2, 0.25) is 0 Å². The van der Waals surface area contributed by atoms with Gasteiger partial charge in [0.25, 0.3) is 0 Å². The zero-order valence-corrected chi connectivity index (χ0v) is 14.1. The predicted octanol–water partition coefficient (Wildman–Crippen LogP) is 4.52. The Bertz CT molecular complexity index is 673. The van der Waals surface area contributed by atoms with Gasteiger partial charge in [0.15, 0.2) is 0 Å². The van der Waals surface area contributed by atoms with Crippen LogP contribution >= 0.6 is 27.7 Å². The van der Waals surface area contributed by atoms with E-state index in [0.29, 0.717) is 0 Å². The number of amides is 1. The van der Waals surface area contributed by atoms with Gasteiger partial charge in [-0.3, -0.25) is 4.79 Å². The smallest absolute Gasteiger partial charge is 0.228 e. The quantitative estimate of drug-likeness (QED) is 0.870. The Labute approximate surface area is 137 Å². The second kappa shape index (κ2) is 6.24. The fraction of sp³-hybridized carbons (Fsp3) is 0.235. The third kappa shape index (κ3) is 3.16. The number of nitrogens with one attached hydrogen (secondary N) is 1. The molecular formula is C17H16BrNOS. The van der Waals surface area contributed by atoms with Gasteiger partial charge in [0, 0.05) is 15.1 Å². The van der Waals surface area contributed by atoms with Gasteiger partial charge in [-0.05, 0) is 36.2 Å². The minimum absolute atomic E-state index is 0.00719. The summed E-state index contributed by atoms with van der Waals surface area (Å²) in [5.41, 5.74) is 2.26. The van der Waals surface area contributed by atoms with E-state index in [1.54, 1.807) is 11.8 Å². The standard InChI is InChI=1S/C17H16BrNOS/c1-11(12-5-4-6-13(18)9-12)19-17(20)15-10-21-16-8-3-2-7-14(15)16/h2-9,11,15H,10H2,1H3,(H,19,20). The Hall–Kier alpha value is -1.26. The fourth-order valence-electron chi connectivity index (χ4n) is 2.55. The maximum absolute atomic E-state index is 12.5. The number of carbonyl (C=O) groups is 1. The van der Waals surface area contributed by atoms with Crippen LogP contribution in [-0.2, 0) is 4.79 Å². The lowest BCUT2D eigenvalue weighted by Gasteiger charge is -2.18. The van der Waals surface area contributed by atoms with Crippen molar-refractivity contribution in [3.63, 3.8) is 0 Å². The monoisotopic (exact) mass is 361 g/mol. The number of halogens is 1. The van der Waals surface area contributed by atoms with E-state index in [-0.39, 0.29) is 17.9 Å². The molecule has 2 unspecified atom stereocenters. The molecule has 0 saturated heterocycles. The fourth-order valence-corrected chi connectivity index (χ4v) is 4.20.